The quantitative estimate of drug-likeness (QED) is 0.640. The maximum absolute atomic E-state index is 2.25. The third-order valence-corrected chi connectivity index (χ3v) is 2.55. The Balaban J connectivity index is 2.65. The zero-order chi connectivity index (χ0) is 8.97. The highest BCUT2D eigenvalue weighted by molar-refractivity contribution is 7.98. The lowest BCUT2D eigenvalue weighted by atomic mass is 10.0. The van der Waals surface area contributed by atoms with Gasteiger partial charge in [0.25, 0.3) is 0 Å². The lowest BCUT2D eigenvalue weighted by Gasteiger charge is -2.04. The summed E-state index contributed by atoms with van der Waals surface area (Å²) >= 11 is 1.80. The highest BCUT2D eigenvalue weighted by Gasteiger charge is 1.96. The molecule has 0 atom stereocenters. The lowest BCUT2D eigenvalue weighted by Crippen LogP contribution is -1.92. The normalized spacial score (nSPS) is 10.7. The molecule has 0 amide bonds. The monoisotopic (exact) mass is 180 g/mol. The van der Waals surface area contributed by atoms with E-state index >= 15 is 0 Å². The summed E-state index contributed by atoms with van der Waals surface area (Å²) < 4.78 is 0. The van der Waals surface area contributed by atoms with Crippen LogP contribution in [-0.4, -0.2) is 6.26 Å². The molecule has 1 aromatic carbocycles. The molecule has 0 aliphatic carbocycles. The highest BCUT2D eigenvalue weighted by atomic mass is 32.2. The molecule has 0 fully saturated rings. The Morgan fingerprint density at radius 1 is 1.17 bits per heavy atom. The van der Waals surface area contributed by atoms with Gasteiger partial charge in [0.05, 0.1) is 0 Å². The molecule has 1 aromatic rings. The molecule has 0 aliphatic heterocycles. The van der Waals surface area contributed by atoms with Crippen LogP contribution in [0.4, 0.5) is 0 Å². The van der Waals surface area contributed by atoms with Crippen molar-refractivity contribution in [1.29, 1.82) is 0 Å². The molecule has 66 valence electrons. The maximum Gasteiger partial charge on any atom is 0.00693 e. The highest BCUT2D eigenvalue weighted by Crippen LogP contribution is 2.16. The number of hydrogen-bond acceptors (Lipinski definition) is 1. The first-order valence-electron chi connectivity index (χ1n) is 4.35. The van der Waals surface area contributed by atoms with Gasteiger partial charge in [-0.2, -0.15) is 0 Å². The molecule has 0 saturated carbocycles. The zero-order valence-corrected chi connectivity index (χ0v) is 8.82. The maximum atomic E-state index is 2.25. The molecule has 1 heteroatoms. The van der Waals surface area contributed by atoms with Gasteiger partial charge in [-0.1, -0.05) is 26.0 Å². The average molecular weight is 180 g/mol. The third-order valence-electron chi connectivity index (χ3n) is 1.80. The van der Waals surface area contributed by atoms with Crippen molar-refractivity contribution < 1.29 is 0 Å². The van der Waals surface area contributed by atoms with Gasteiger partial charge in [0.1, 0.15) is 0 Å². The van der Waals surface area contributed by atoms with Crippen molar-refractivity contribution in [2.24, 2.45) is 5.92 Å². The van der Waals surface area contributed by atoms with E-state index in [-0.39, 0.29) is 0 Å². The molecular weight excluding hydrogens is 164 g/mol. The summed E-state index contributed by atoms with van der Waals surface area (Å²) in [6.07, 6.45) is 3.30. The summed E-state index contributed by atoms with van der Waals surface area (Å²) in [4.78, 5) is 1.35. The zero-order valence-electron chi connectivity index (χ0n) is 8.00. The Hall–Kier alpha value is -0.430. The first kappa shape index (κ1) is 9.66. The predicted octanol–water partition coefficient (Wildman–Crippen LogP) is 3.61. The molecule has 0 spiro atoms. The SMILES string of the molecule is CSc1ccc(CC(C)C)cc1. The van der Waals surface area contributed by atoms with Crippen LogP contribution in [0.3, 0.4) is 0 Å². The molecule has 0 aliphatic rings. The van der Waals surface area contributed by atoms with Crippen LogP contribution in [0.25, 0.3) is 0 Å². The number of benzene rings is 1. The van der Waals surface area contributed by atoms with Gasteiger partial charge in [0.15, 0.2) is 0 Å². The molecule has 1 rings (SSSR count). The summed E-state index contributed by atoms with van der Waals surface area (Å²) in [6.45, 7) is 4.50. The fourth-order valence-corrected chi connectivity index (χ4v) is 1.64. The van der Waals surface area contributed by atoms with E-state index in [1.807, 2.05) is 0 Å². The van der Waals surface area contributed by atoms with Crippen molar-refractivity contribution in [3.05, 3.63) is 29.8 Å². The molecule has 0 heterocycles. The molecular formula is C11H16S. The van der Waals surface area contributed by atoms with E-state index in [1.54, 1.807) is 11.8 Å². The number of thioether (sulfide) groups is 1. The van der Waals surface area contributed by atoms with Crippen molar-refractivity contribution in [3.8, 4) is 0 Å². The van der Waals surface area contributed by atoms with Gasteiger partial charge >= 0.3 is 0 Å². The van der Waals surface area contributed by atoms with E-state index < -0.39 is 0 Å². The van der Waals surface area contributed by atoms with Gasteiger partial charge in [0.2, 0.25) is 0 Å². The van der Waals surface area contributed by atoms with Gasteiger partial charge in [-0.05, 0) is 36.3 Å². The van der Waals surface area contributed by atoms with E-state index in [0.29, 0.717) is 0 Å². The molecule has 0 unspecified atom stereocenters. The summed E-state index contributed by atoms with van der Waals surface area (Å²) in [5.74, 6) is 0.755. The van der Waals surface area contributed by atoms with Gasteiger partial charge in [-0.3, -0.25) is 0 Å². The summed E-state index contributed by atoms with van der Waals surface area (Å²) in [5.41, 5.74) is 1.45. The lowest BCUT2D eigenvalue weighted by molar-refractivity contribution is 0.647. The Kier molecular flexibility index (Phi) is 3.67. The summed E-state index contributed by atoms with van der Waals surface area (Å²) in [5, 5.41) is 0. The van der Waals surface area contributed by atoms with Crippen LogP contribution in [0.5, 0.6) is 0 Å². The Bertz CT molecular complexity index is 223. The minimum atomic E-state index is 0.755. The molecule has 0 radical (unpaired) electrons. The van der Waals surface area contributed by atoms with Crippen LogP contribution in [0.2, 0.25) is 0 Å². The van der Waals surface area contributed by atoms with Crippen LogP contribution in [0.15, 0.2) is 29.2 Å². The topological polar surface area (TPSA) is 0 Å². The van der Waals surface area contributed by atoms with Gasteiger partial charge in [-0.15, -0.1) is 11.8 Å². The number of hydrogen-bond donors (Lipinski definition) is 0. The second-order valence-electron chi connectivity index (χ2n) is 3.45. The second-order valence-corrected chi connectivity index (χ2v) is 4.33. The van der Waals surface area contributed by atoms with Crippen molar-refractivity contribution in [2.75, 3.05) is 6.26 Å². The minimum absolute atomic E-state index is 0.755. The van der Waals surface area contributed by atoms with Crippen LogP contribution in [0, 0.1) is 5.92 Å². The Morgan fingerprint density at radius 2 is 1.75 bits per heavy atom. The van der Waals surface area contributed by atoms with Crippen molar-refractivity contribution >= 4 is 11.8 Å². The van der Waals surface area contributed by atoms with E-state index in [9.17, 15) is 0 Å². The Labute approximate surface area is 79.4 Å². The first-order valence-corrected chi connectivity index (χ1v) is 5.57. The van der Waals surface area contributed by atoms with E-state index in [1.165, 1.54) is 16.9 Å². The average Bonchev–Trinajstić information content (AvgIpc) is 2.05. The van der Waals surface area contributed by atoms with Crippen molar-refractivity contribution in [1.82, 2.24) is 0 Å². The van der Waals surface area contributed by atoms with Crippen LogP contribution >= 0.6 is 11.8 Å². The van der Waals surface area contributed by atoms with Crippen LogP contribution < -0.4 is 0 Å². The van der Waals surface area contributed by atoms with Crippen LogP contribution in [0.1, 0.15) is 19.4 Å². The Morgan fingerprint density at radius 3 is 2.17 bits per heavy atom. The summed E-state index contributed by atoms with van der Waals surface area (Å²) in [7, 11) is 0. The van der Waals surface area contributed by atoms with E-state index in [2.05, 4.69) is 44.4 Å². The van der Waals surface area contributed by atoms with Gasteiger partial charge < -0.3 is 0 Å². The van der Waals surface area contributed by atoms with E-state index in [4.69, 9.17) is 0 Å². The molecule has 0 bridgehead atoms. The molecule has 0 saturated heterocycles. The van der Waals surface area contributed by atoms with Gasteiger partial charge in [-0.25, -0.2) is 0 Å². The number of rotatable bonds is 3. The third kappa shape index (κ3) is 2.90. The summed E-state index contributed by atoms with van der Waals surface area (Å²) in [6, 6.07) is 8.85. The van der Waals surface area contributed by atoms with Gasteiger partial charge in [0, 0.05) is 4.90 Å². The fourth-order valence-electron chi connectivity index (χ4n) is 1.23. The molecule has 0 N–H and O–H groups in total. The molecule has 0 nitrogen and oxygen atoms in total. The second kappa shape index (κ2) is 4.56. The van der Waals surface area contributed by atoms with Crippen molar-refractivity contribution in [2.45, 2.75) is 25.2 Å². The largest absolute Gasteiger partial charge is 0.130 e. The van der Waals surface area contributed by atoms with Crippen molar-refractivity contribution in [3.63, 3.8) is 0 Å². The first-order chi connectivity index (χ1) is 5.72. The predicted molar refractivity (Wildman–Crippen MR) is 56.8 cm³/mol. The fraction of sp³-hybridized carbons (Fsp3) is 0.455. The minimum Gasteiger partial charge on any atom is -0.130 e. The van der Waals surface area contributed by atoms with E-state index in [0.717, 1.165) is 5.92 Å². The molecule has 0 aromatic heterocycles. The van der Waals surface area contributed by atoms with Crippen LogP contribution in [-0.2, 0) is 6.42 Å². The standard InChI is InChI=1S/C11H16S/c1-9(2)8-10-4-6-11(12-3)7-5-10/h4-7,9H,8H2,1-3H3. The smallest absolute Gasteiger partial charge is 0.00693 e. The molecule has 12 heavy (non-hydrogen) atoms.